The van der Waals surface area contributed by atoms with E-state index < -0.39 is 0 Å². The molecule has 6 heteroatoms. The summed E-state index contributed by atoms with van der Waals surface area (Å²) in [5.74, 6) is -0.291. The van der Waals surface area contributed by atoms with Crippen LogP contribution in [0.15, 0.2) is 28.7 Å². The Labute approximate surface area is 119 Å². The lowest BCUT2D eigenvalue weighted by Gasteiger charge is -2.11. The first-order valence-corrected chi connectivity index (χ1v) is 7.12. The van der Waals surface area contributed by atoms with Gasteiger partial charge in [-0.1, -0.05) is 15.9 Å². The third-order valence-electron chi connectivity index (χ3n) is 2.16. The number of hydrogen-bond acceptors (Lipinski definition) is 4. The van der Waals surface area contributed by atoms with E-state index in [0.717, 1.165) is 10.2 Å². The van der Waals surface area contributed by atoms with Crippen molar-refractivity contribution in [1.82, 2.24) is 0 Å². The topological polar surface area (TPSA) is 55.4 Å². The molecular formula is C12H14BrNO3S. The molecule has 18 heavy (non-hydrogen) atoms. The molecule has 4 nitrogen and oxygen atoms in total. The van der Waals surface area contributed by atoms with Crippen LogP contribution in [0.4, 0.5) is 5.69 Å². The highest BCUT2D eigenvalue weighted by Gasteiger charge is 2.15. The Hall–Kier alpha value is -1.01. The average Bonchev–Trinajstić information content (AvgIpc) is 2.38. The van der Waals surface area contributed by atoms with Gasteiger partial charge in [0.05, 0.1) is 18.1 Å². The maximum Gasteiger partial charge on any atom is 0.315 e. The van der Waals surface area contributed by atoms with Crippen LogP contribution < -0.4 is 5.32 Å². The number of rotatable bonds is 5. The number of amides is 1. The van der Waals surface area contributed by atoms with Gasteiger partial charge in [0.2, 0.25) is 5.91 Å². The van der Waals surface area contributed by atoms with E-state index >= 15 is 0 Å². The van der Waals surface area contributed by atoms with Crippen LogP contribution in [-0.2, 0) is 14.3 Å². The Morgan fingerprint density at radius 1 is 1.39 bits per heavy atom. The maximum atomic E-state index is 11.8. The molecule has 1 amide bonds. The first-order valence-electron chi connectivity index (χ1n) is 5.27. The molecular weight excluding hydrogens is 318 g/mol. The predicted octanol–water partition coefficient (Wildman–Crippen LogP) is 2.68. The molecule has 0 bridgehead atoms. The van der Waals surface area contributed by atoms with E-state index in [-0.39, 0.29) is 22.9 Å². The van der Waals surface area contributed by atoms with E-state index in [4.69, 9.17) is 0 Å². The van der Waals surface area contributed by atoms with Crippen LogP contribution in [0.2, 0.25) is 0 Å². The molecule has 1 aromatic carbocycles. The summed E-state index contributed by atoms with van der Waals surface area (Å²) in [6, 6.07) is 7.31. The molecule has 1 rings (SSSR count). The molecule has 0 spiro atoms. The van der Waals surface area contributed by atoms with Crippen molar-refractivity contribution in [3.63, 3.8) is 0 Å². The monoisotopic (exact) mass is 331 g/mol. The summed E-state index contributed by atoms with van der Waals surface area (Å²) in [7, 11) is 1.33. The van der Waals surface area contributed by atoms with Gasteiger partial charge in [0, 0.05) is 10.2 Å². The van der Waals surface area contributed by atoms with Crippen LogP contribution in [-0.4, -0.2) is 30.0 Å². The summed E-state index contributed by atoms with van der Waals surface area (Å²) in [6.45, 7) is 1.75. The second-order valence-electron chi connectivity index (χ2n) is 3.53. The Morgan fingerprint density at radius 2 is 2.00 bits per heavy atom. The van der Waals surface area contributed by atoms with Gasteiger partial charge in [0.1, 0.15) is 0 Å². The third kappa shape index (κ3) is 5.10. The van der Waals surface area contributed by atoms with Gasteiger partial charge in [-0.25, -0.2) is 0 Å². The van der Waals surface area contributed by atoms with Crippen molar-refractivity contribution < 1.29 is 14.3 Å². The number of ether oxygens (including phenoxy) is 1. The fourth-order valence-electron chi connectivity index (χ4n) is 1.10. The van der Waals surface area contributed by atoms with Gasteiger partial charge < -0.3 is 10.1 Å². The van der Waals surface area contributed by atoms with Gasteiger partial charge in [-0.2, -0.15) is 0 Å². The minimum Gasteiger partial charge on any atom is -0.468 e. The number of thioether (sulfide) groups is 1. The predicted molar refractivity (Wildman–Crippen MR) is 76.7 cm³/mol. The molecule has 1 N–H and O–H groups in total. The largest absolute Gasteiger partial charge is 0.468 e. The average molecular weight is 332 g/mol. The number of carbonyl (C=O) groups excluding carboxylic acids is 2. The number of esters is 1. The Kier molecular flexibility index (Phi) is 6.21. The minimum atomic E-state index is -0.330. The number of halogens is 1. The van der Waals surface area contributed by atoms with Crippen LogP contribution in [0.1, 0.15) is 6.92 Å². The van der Waals surface area contributed by atoms with E-state index in [2.05, 4.69) is 26.0 Å². The second-order valence-corrected chi connectivity index (χ2v) is 5.77. The highest BCUT2D eigenvalue weighted by atomic mass is 79.9. The third-order valence-corrected chi connectivity index (χ3v) is 3.80. The standard InChI is InChI=1S/C12H14BrNO3S/c1-8(18-7-11(15)17-2)12(16)14-10-5-3-9(13)4-6-10/h3-6,8H,7H2,1-2H3,(H,14,16). The van der Waals surface area contributed by atoms with E-state index in [9.17, 15) is 9.59 Å². The molecule has 0 heterocycles. The number of carbonyl (C=O) groups is 2. The lowest BCUT2D eigenvalue weighted by molar-refractivity contribution is -0.137. The number of methoxy groups -OCH3 is 1. The van der Waals surface area contributed by atoms with Crippen LogP contribution in [0.25, 0.3) is 0 Å². The quantitative estimate of drug-likeness (QED) is 0.843. The number of nitrogens with one attached hydrogen (secondary N) is 1. The van der Waals surface area contributed by atoms with Gasteiger partial charge in [-0.3, -0.25) is 9.59 Å². The Balaban J connectivity index is 2.44. The van der Waals surface area contributed by atoms with Crippen LogP contribution in [0.5, 0.6) is 0 Å². The summed E-state index contributed by atoms with van der Waals surface area (Å²) in [5, 5.41) is 2.47. The molecule has 1 aromatic rings. The van der Waals surface area contributed by atoms with Crippen molar-refractivity contribution in [1.29, 1.82) is 0 Å². The zero-order valence-corrected chi connectivity index (χ0v) is 12.5. The first kappa shape index (κ1) is 15.0. The molecule has 0 radical (unpaired) electrons. The van der Waals surface area contributed by atoms with E-state index in [0.29, 0.717) is 0 Å². The molecule has 0 aliphatic carbocycles. The summed E-state index contributed by atoms with van der Waals surface area (Å²) >= 11 is 4.56. The van der Waals surface area contributed by atoms with Crippen molar-refractivity contribution >= 4 is 45.3 Å². The lowest BCUT2D eigenvalue weighted by Crippen LogP contribution is -2.23. The Bertz CT molecular complexity index is 422. The summed E-state index contributed by atoms with van der Waals surface area (Å²) in [5.41, 5.74) is 0.730. The van der Waals surface area contributed by atoms with Gasteiger partial charge in [0.25, 0.3) is 0 Å². The van der Waals surface area contributed by atoms with Gasteiger partial charge >= 0.3 is 5.97 Å². The molecule has 0 aliphatic rings. The normalized spacial score (nSPS) is 11.7. The van der Waals surface area contributed by atoms with Crippen molar-refractivity contribution in [2.75, 3.05) is 18.2 Å². The zero-order chi connectivity index (χ0) is 13.5. The molecule has 1 unspecified atom stereocenters. The van der Waals surface area contributed by atoms with Crippen molar-refractivity contribution in [3.8, 4) is 0 Å². The maximum absolute atomic E-state index is 11.8. The van der Waals surface area contributed by atoms with Crippen molar-refractivity contribution in [2.45, 2.75) is 12.2 Å². The molecule has 0 aromatic heterocycles. The number of hydrogen-bond donors (Lipinski definition) is 1. The zero-order valence-electron chi connectivity index (χ0n) is 10.1. The summed E-state index contributed by atoms with van der Waals surface area (Å²) in [4.78, 5) is 22.8. The van der Waals surface area contributed by atoms with Gasteiger partial charge in [-0.15, -0.1) is 11.8 Å². The molecule has 0 saturated heterocycles. The van der Waals surface area contributed by atoms with E-state index in [1.807, 2.05) is 12.1 Å². The molecule has 0 aliphatic heterocycles. The van der Waals surface area contributed by atoms with Crippen LogP contribution in [0, 0.1) is 0 Å². The lowest BCUT2D eigenvalue weighted by atomic mass is 10.3. The fraction of sp³-hybridized carbons (Fsp3) is 0.333. The van der Waals surface area contributed by atoms with Crippen molar-refractivity contribution in [3.05, 3.63) is 28.7 Å². The summed E-state index contributed by atoms with van der Waals surface area (Å²) in [6.07, 6.45) is 0. The minimum absolute atomic E-state index is 0.133. The summed E-state index contributed by atoms with van der Waals surface area (Å²) < 4.78 is 5.47. The molecule has 98 valence electrons. The number of anilines is 1. The molecule has 0 saturated carbocycles. The fourth-order valence-corrected chi connectivity index (χ4v) is 2.08. The molecule has 1 atom stereocenters. The van der Waals surface area contributed by atoms with Crippen molar-refractivity contribution in [2.24, 2.45) is 0 Å². The second kappa shape index (κ2) is 7.43. The van der Waals surface area contributed by atoms with Gasteiger partial charge in [-0.05, 0) is 31.2 Å². The Morgan fingerprint density at radius 3 is 2.56 bits per heavy atom. The first-order chi connectivity index (χ1) is 8.52. The van der Waals surface area contributed by atoms with E-state index in [1.54, 1.807) is 19.1 Å². The smallest absolute Gasteiger partial charge is 0.315 e. The van der Waals surface area contributed by atoms with E-state index in [1.165, 1.54) is 18.9 Å². The highest BCUT2D eigenvalue weighted by Crippen LogP contribution is 2.17. The van der Waals surface area contributed by atoms with Crippen LogP contribution >= 0.6 is 27.7 Å². The van der Waals surface area contributed by atoms with Crippen LogP contribution in [0.3, 0.4) is 0 Å². The number of benzene rings is 1. The van der Waals surface area contributed by atoms with Gasteiger partial charge in [0.15, 0.2) is 0 Å². The highest BCUT2D eigenvalue weighted by molar-refractivity contribution is 9.10. The molecule has 0 fully saturated rings. The SMILES string of the molecule is COC(=O)CSC(C)C(=O)Nc1ccc(Br)cc1.